The first-order valence-electron chi connectivity index (χ1n) is 14.3. The molecule has 0 aliphatic carbocycles. The topological polar surface area (TPSA) is 128 Å². The number of fused-ring (bicyclic) bond motifs is 6. The maximum atomic E-state index is 15.2. The second-order valence-corrected chi connectivity index (χ2v) is 11.2. The van der Waals surface area contributed by atoms with E-state index in [4.69, 9.17) is 9.47 Å². The number of nitro groups is 1. The summed E-state index contributed by atoms with van der Waals surface area (Å²) in [5.41, 5.74) is 1.14. The molecule has 45 heavy (non-hydrogen) atoms. The number of para-hydroxylation sites is 1. The van der Waals surface area contributed by atoms with E-state index in [0.717, 1.165) is 11.1 Å². The summed E-state index contributed by atoms with van der Waals surface area (Å²) >= 11 is 0. The molecule has 3 aliphatic rings. The zero-order chi connectivity index (χ0) is 31.5. The molecule has 0 radical (unpaired) electrons. The average Bonchev–Trinajstić information content (AvgIpc) is 3.55. The van der Waals surface area contributed by atoms with Gasteiger partial charge in [-0.05, 0) is 47.0 Å². The molecule has 4 aromatic carbocycles. The van der Waals surface area contributed by atoms with Crippen molar-refractivity contribution in [2.45, 2.75) is 17.5 Å². The number of benzene rings is 4. The van der Waals surface area contributed by atoms with Crippen molar-refractivity contribution < 1.29 is 28.8 Å². The summed E-state index contributed by atoms with van der Waals surface area (Å²) in [5, 5.41) is 14.7. The molecular formula is C35H27N3O7. The predicted octanol–water partition coefficient (Wildman–Crippen LogP) is 5.59. The molecule has 4 atom stereocenters. The lowest BCUT2D eigenvalue weighted by Crippen LogP contribution is -2.49. The van der Waals surface area contributed by atoms with Crippen LogP contribution in [0.4, 0.5) is 11.4 Å². The Balaban J connectivity index is 1.55. The zero-order valence-electron chi connectivity index (χ0n) is 24.3. The average molecular weight is 602 g/mol. The number of nitro benzene ring substituents is 1. The molecule has 10 heteroatoms. The Kier molecular flexibility index (Phi) is 6.50. The molecule has 3 heterocycles. The number of nitrogens with one attached hydrogen (secondary N) is 1. The van der Waals surface area contributed by atoms with Crippen LogP contribution in [0, 0.1) is 16.0 Å². The predicted molar refractivity (Wildman–Crippen MR) is 165 cm³/mol. The number of amides is 1. The second kappa shape index (κ2) is 10.4. The van der Waals surface area contributed by atoms with E-state index >= 15 is 4.79 Å². The van der Waals surface area contributed by atoms with Crippen LogP contribution in [-0.4, -0.2) is 47.6 Å². The van der Waals surface area contributed by atoms with Crippen molar-refractivity contribution in [3.05, 3.63) is 135 Å². The number of rotatable bonds is 7. The highest BCUT2D eigenvalue weighted by Crippen LogP contribution is 2.62. The molecular weight excluding hydrogens is 574 g/mol. The van der Waals surface area contributed by atoms with E-state index in [1.54, 1.807) is 47.5 Å². The minimum atomic E-state index is -1.57. The number of Topliss-reactive ketones (excluding diaryl/α,β-unsaturated/α-hetero) is 2. The number of hydrogen-bond acceptors (Lipinski definition) is 8. The molecule has 0 aromatic heterocycles. The van der Waals surface area contributed by atoms with Crippen molar-refractivity contribution in [2.24, 2.45) is 5.92 Å². The van der Waals surface area contributed by atoms with Gasteiger partial charge in [-0.2, -0.15) is 0 Å². The van der Waals surface area contributed by atoms with Crippen LogP contribution in [0.3, 0.4) is 0 Å². The van der Waals surface area contributed by atoms with Crippen LogP contribution >= 0.6 is 0 Å². The van der Waals surface area contributed by atoms with Crippen LogP contribution in [0.2, 0.25) is 0 Å². The first-order chi connectivity index (χ1) is 21.8. The fourth-order valence-electron chi connectivity index (χ4n) is 7.29. The van der Waals surface area contributed by atoms with Gasteiger partial charge in [0.15, 0.2) is 11.6 Å². The molecule has 10 nitrogen and oxygen atoms in total. The lowest BCUT2D eigenvalue weighted by molar-refractivity contribution is -0.384. The molecule has 0 saturated carbocycles. The fourth-order valence-corrected chi connectivity index (χ4v) is 7.29. The van der Waals surface area contributed by atoms with E-state index in [2.05, 4.69) is 5.32 Å². The Morgan fingerprint density at radius 1 is 0.911 bits per heavy atom. The van der Waals surface area contributed by atoms with Gasteiger partial charge < -0.3 is 19.7 Å². The zero-order valence-corrected chi connectivity index (χ0v) is 24.3. The normalized spacial score (nSPS) is 22.3. The first-order valence-corrected chi connectivity index (χ1v) is 14.3. The molecule has 1 amide bonds. The number of carbonyl (C=O) groups is 3. The van der Waals surface area contributed by atoms with Gasteiger partial charge in [-0.15, -0.1) is 0 Å². The summed E-state index contributed by atoms with van der Waals surface area (Å²) < 4.78 is 11.0. The summed E-state index contributed by atoms with van der Waals surface area (Å²) in [4.78, 5) is 57.4. The molecule has 1 N–H and O–H groups in total. The van der Waals surface area contributed by atoms with Gasteiger partial charge in [-0.3, -0.25) is 24.5 Å². The number of non-ortho nitro benzene ring substituents is 1. The maximum absolute atomic E-state index is 15.2. The van der Waals surface area contributed by atoms with Crippen molar-refractivity contribution in [3.8, 4) is 11.5 Å². The van der Waals surface area contributed by atoms with Crippen molar-refractivity contribution in [1.29, 1.82) is 0 Å². The number of ether oxygens (including phenoxy) is 2. The molecule has 0 bridgehead atoms. The Bertz CT molecular complexity index is 1950. The minimum absolute atomic E-state index is 0.0550. The van der Waals surface area contributed by atoms with E-state index in [1.165, 1.54) is 38.5 Å². The van der Waals surface area contributed by atoms with Gasteiger partial charge in [-0.1, -0.05) is 54.6 Å². The van der Waals surface area contributed by atoms with Crippen molar-refractivity contribution in [2.75, 3.05) is 19.5 Å². The van der Waals surface area contributed by atoms with E-state index < -0.39 is 45.8 Å². The Labute approximate surface area is 258 Å². The van der Waals surface area contributed by atoms with E-state index in [9.17, 15) is 19.7 Å². The quantitative estimate of drug-likeness (QED) is 0.165. The second-order valence-electron chi connectivity index (χ2n) is 11.2. The highest BCUT2D eigenvalue weighted by atomic mass is 16.6. The van der Waals surface area contributed by atoms with Crippen LogP contribution in [0.5, 0.6) is 11.5 Å². The summed E-state index contributed by atoms with van der Waals surface area (Å²) in [5.74, 6) is -2.08. The number of carbonyl (C=O) groups excluding carboxylic acids is 3. The first kappa shape index (κ1) is 28.0. The minimum Gasteiger partial charge on any atom is -0.497 e. The molecule has 224 valence electrons. The molecule has 0 unspecified atom stereocenters. The van der Waals surface area contributed by atoms with Crippen LogP contribution in [0.25, 0.3) is 6.08 Å². The van der Waals surface area contributed by atoms with E-state index in [1.807, 2.05) is 36.4 Å². The monoisotopic (exact) mass is 601 g/mol. The fraction of sp³-hybridized carbons (Fsp3) is 0.171. The van der Waals surface area contributed by atoms with Crippen molar-refractivity contribution >= 4 is 34.9 Å². The Morgan fingerprint density at radius 2 is 1.69 bits per heavy atom. The number of nitrogens with zero attached hydrogens (tertiary/aromatic N) is 2. The lowest BCUT2D eigenvalue weighted by Gasteiger charge is -2.38. The smallest absolute Gasteiger partial charge is 0.270 e. The summed E-state index contributed by atoms with van der Waals surface area (Å²) in [6, 6.07) is 23.0. The summed E-state index contributed by atoms with van der Waals surface area (Å²) in [7, 11) is 2.92. The van der Waals surface area contributed by atoms with Gasteiger partial charge >= 0.3 is 0 Å². The molecule has 4 aromatic rings. The number of methoxy groups -OCH3 is 2. The SMILES string of the molecule is COc1ccc(OC)c(C(=O)[C@@H]2[C@H](C(=O)c3cccc([N+](=O)[O-])c3)N3C=Cc4ccccc4[C@H]3[C@]23C(=O)Nc2ccccc23)c1. The number of ketones is 2. The largest absolute Gasteiger partial charge is 0.497 e. The van der Waals surface area contributed by atoms with Gasteiger partial charge in [0.2, 0.25) is 5.91 Å². The number of anilines is 1. The lowest BCUT2D eigenvalue weighted by atomic mass is 9.62. The molecule has 1 saturated heterocycles. The van der Waals surface area contributed by atoms with E-state index in [-0.39, 0.29) is 22.6 Å². The summed E-state index contributed by atoms with van der Waals surface area (Å²) in [6.45, 7) is 0. The highest BCUT2D eigenvalue weighted by Gasteiger charge is 2.71. The molecule has 3 aliphatic heterocycles. The molecule has 1 fully saturated rings. The number of hydrogen-bond donors (Lipinski definition) is 1. The van der Waals surface area contributed by atoms with Gasteiger partial charge in [0.1, 0.15) is 23.0 Å². The van der Waals surface area contributed by atoms with Crippen LogP contribution < -0.4 is 14.8 Å². The Morgan fingerprint density at radius 3 is 2.47 bits per heavy atom. The van der Waals surface area contributed by atoms with Gasteiger partial charge in [-0.25, -0.2) is 0 Å². The standard InChI is InChI=1S/C35H27N3O7/c1-44-23-14-15-28(45-2)25(19-23)32(40)29-30(31(39)21-9-7-10-22(18-21)38(42)43)37-17-16-20-8-3-4-11-24(20)33(37)35(29)26-12-5-6-13-27(26)36-34(35)41/h3-19,29-30,33H,1-2H3,(H,36,41)/t29-,30+,33-,35+/m0/s1. The van der Waals surface area contributed by atoms with Crippen LogP contribution in [-0.2, 0) is 10.2 Å². The molecule has 7 rings (SSSR count). The highest BCUT2D eigenvalue weighted by molar-refractivity contribution is 6.17. The maximum Gasteiger partial charge on any atom is 0.270 e. The van der Waals surface area contributed by atoms with Crippen molar-refractivity contribution in [3.63, 3.8) is 0 Å². The Hall–Kier alpha value is -5.77. The van der Waals surface area contributed by atoms with Gasteiger partial charge in [0.05, 0.1) is 36.7 Å². The van der Waals surface area contributed by atoms with E-state index in [0.29, 0.717) is 17.0 Å². The van der Waals surface area contributed by atoms with Crippen molar-refractivity contribution in [1.82, 2.24) is 4.90 Å². The van der Waals surface area contributed by atoms with Gasteiger partial charge in [0, 0.05) is 29.6 Å². The van der Waals surface area contributed by atoms with Gasteiger partial charge in [0.25, 0.3) is 5.69 Å². The third kappa shape index (κ3) is 3.98. The van der Waals surface area contributed by atoms with Crippen LogP contribution in [0.1, 0.15) is 43.4 Å². The third-order valence-corrected chi connectivity index (χ3v) is 9.14. The molecule has 1 spiro atoms. The van der Waals surface area contributed by atoms with Crippen LogP contribution in [0.15, 0.2) is 97.2 Å². The summed E-state index contributed by atoms with van der Waals surface area (Å²) in [6.07, 6.45) is 3.60. The third-order valence-electron chi connectivity index (χ3n) is 9.14.